The lowest BCUT2D eigenvalue weighted by Crippen LogP contribution is -2.53. The van der Waals surface area contributed by atoms with Crippen LogP contribution >= 0.6 is 0 Å². The number of carbonyl (C=O) groups excluding carboxylic acids is 2. The lowest BCUT2D eigenvalue weighted by atomic mass is 10.0. The molecule has 0 fully saturated rings. The van der Waals surface area contributed by atoms with Crippen molar-refractivity contribution in [2.24, 2.45) is 0 Å². The summed E-state index contributed by atoms with van der Waals surface area (Å²) in [6, 6.07) is 13.0. The second kappa shape index (κ2) is 10.4. The van der Waals surface area contributed by atoms with Crippen LogP contribution in [0.2, 0.25) is 0 Å². The van der Waals surface area contributed by atoms with Gasteiger partial charge in [-0.15, -0.1) is 0 Å². The van der Waals surface area contributed by atoms with Crippen molar-refractivity contribution in [3.63, 3.8) is 0 Å². The van der Waals surface area contributed by atoms with Crippen LogP contribution in [0.15, 0.2) is 48.5 Å². The van der Waals surface area contributed by atoms with Crippen LogP contribution in [0.1, 0.15) is 58.6 Å². The first-order valence-electron chi connectivity index (χ1n) is 10.6. The number of benzene rings is 2. The summed E-state index contributed by atoms with van der Waals surface area (Å²) < 4.78 is 19.9. The third-order valence-electron chi connectivity index (χ3n) is 4.87. The molecular formula is C25H33FN2O3. The molecule has 2 rings (SSSR count). The molecule has 2 aromatic rings. The second-order valence-electron chi connectivity index (χ2n) is 9.04. The Morgan fingerprint density at radius 3 is 2.19 bits per heavy atom. The van der Waals surface area contributed by atoms with Crippen LogP contribution in [0.4, 0.5) is 4.39 Å². The van der Waals surface area contributed by atoms with E-state index in [1.807, 2.05) is 45.0 Å². The number of ether oxygens (including phenoxy) is 1. The summed E-state index contributed by atoms with van der Waals surface area (Å²) in [4.78, 5) is 27.1. The zero-order chi connectivity index (χ0) is 23.2. The highest BCUT2D eigenvalue weighted by molar-refractivity contribution is 5.88. The monoisotopic (exact) mass is 428 g/mol. The Kier molecular flexibility index (Phi) is 8.20. The fourth-order valence-electron chi connectivity index (χ4n) is 3.04. The van der Waals surface area contributed by atoms with E-state index in [9.17, 15) is 14.0 Å². The van der Waals surface area contributed by atoms with Gasteiger partial charge in [-0.25, -0.2) is 4.39 Å². The summed E-state index contributed by atoms with van der Waals surface area (Å²) in [6.07, 6.45) is 0. The van der Waals surface area contributed by atoms with Crippen molar-refractivity contribution in [3.05, 3.63) is 65.5 Å². The van der Waals surface area contributed by atoms with Gasteiger partial charge in [-0.1, -0.05) is 44.2 Å². The maximum absolute atomic E-state index is 14.2. The lowest BCUT2D eigenvalue weighted by Gasteiger charge is -2.31. The zero-order valence-corrected chi connectivity index (χ0v) is 19.2. The average molecular weight is 429 g/mol. The predicted molar refractivity (Wildman–Crippen MR) is 120 cm³/mol. The number of nitrogens with zero attached hydrogens (tertiary/aromatic N) is 1. The molecule has 0 unspecified atom stereocenters. The summed E-state index contributed by atoms with van der Waals surface area (Å²) >= 11 is 0. The molecular weight excluding hydrogens is 395 g/mol. The number of rotatable bonds is 8. The number of carbonyl (C=O) groups is 2. The minimum absolute atomic E-state index is 0.0279. The van der Waals surface area contributed by atoms with Crippen molar-refractivity contribution < 1.29 is 18.7 Å². The summed E-state index contributed by atoms with van der Waals surface area (Å²) in [7, 11) is 0. The highest BCUT2D eigenvalue weighted by Gasteiger charge is 2.29. The van der Waals surface area contributed by atoms with Crippen LogP contribution in [0.25, 0.3) is 0 Å². The Bertz CT molecular complexity index is 888. The van der Waals surface area contributed by atoms with E-state index in [2.05, 4.69) is 19.2 Å². The van der Waals surface area contributed by atoms with Crippen LogP contribution in [-0.2, 0) is 16.1 Å². The Balaban J connectivity index is 2.16. The van der Waals surface area contributed by atoms with Crippen molar-refractivity contribution in [1.29, 1.82) is 0 Å². The maximum atomic E-state index is 14.2. The minimum atomic E-state index is -0.793. The summed E-state index contributed by atoms with van der Waals surface area (Å²) in [5, 5.41) is 2.88. The molecule has 0 aromatic heterocycles. The van der Waals surface area contributed by atoms with E-state index in [0.717, 1.165) is 0 Å². The molecule has 0 aliphatic rings. The number of hydrogen-bond donors (Lipinski definition) is 1. The molecule has 0 spiro atoms. The smallest absolute Gasteiger partial charge is 0.261 e. The third kappa shape index (κ3) is 7.39. The number of amides is 2. The number of hydrogen-bond acceptors (Lipinski definition) is 3. The van der Waals surface area contributed by atoms with E-state index >= 15 is 0 Å². The average Bonchev–Trinajstić information content (AvgIpc) is 2.70. The first kappa shape index (κ1) is 24.4. The molecule has 0 bridgehead atoms. The molecule has 0 radical (unpaired) electrons. The Hall–Kier alpha value is -2.89. The summed E-state index contributed by atoms with van der Waals surface area (Å²) in [5.74, 6) is -0.162. The topological polar surface area (TPSA) is 58.6 Å². The molecule has 0 heterocycles. The van der Waals surface area contributed by atoms with Crippen LogP contribution in [0, 0.1) is 5.82 Å². The van der Waals surface area contributed by atoms with Gasteiger partial charge in [0.2, 0.25) is 5.91 Å². The standard InChI is InChI=1S/C25H33FN2O3/c1-17(2)19-11-13-21(14-12-19)31-16-23(29)28(15-20-9-7-8-10-22(20)26)18(3)24(30)27-25(4,5)6/h7-14,17-18H,15-16H2,1-6H3,(H,27,30)/t18-/m0/s1. The van der Waals surface area contributed by atoms with E-state index in [0.29, 0.717) is 17.2 Å². The molecule has 1 N–H and O–H groups in total. The quantitative estimate of drug-likeness (QED) is 0.665. The van der Waals surface area contributed by atoms with Crippen LogP contribution < -0.4 is 10.1 Å². The summed E-state index contributed by atoms with van der Waals surface area (Å²) in [6.45, 7) is 11.2. The predicted octanol–water partition coefficient (Wildman–Crippen LogP) is 4.66. The molecule has 1 atom stereocenters. The third-order valence-corrected chi connectivity index (χ3v) is 4.87. The zero-order valence-electron chi connectivity index (χ0n) is 19.2. The van der Waals surface area contributed by atoms with Crippen LogP contribution in [-0.4, -0.2) is 34.9 Å². The largest absolute Gasteiger partial charge is 0.484 e. The van der Waals surface area contributed by atoms with Gasteiger partial charge in [0, 0.05) is 17.6 Å². The fraction of sp³-hybridized carbons (Fsp3) is 0.440. The Morgan fingerprint density at radius 1 is 1.03 bits per heavy atom. The van der Waals surface area contributed by atoms with E-state index < -0.39 is 23.3 Å². The van der Waals surface area contributed by atoms with Gasteiger partial charge in [-0.2, -0.15) is 0 Å². The van der Waals surface area contributed by atoms with Crippen molar-refractivity contribution in [1.82, 2.24) is 10.2 Å². The van der Waals surface area contributed by atoms with Gasteiger partial charge in [0.05, 0.1) is 0 Å². The van der Waals surface area contributed by atoms with Crippen molar-refractivity contribution in [3.8, 4) is 5.75 Å². The maximum Gasteiger partial charge on any atom is 0.261 e. The van der Waals surface area contributed by atoms with Gasteiger partial charge < -0.3 is 15.0 Å². The lowest BCUT2D eigenvalue weighted by molar-refractivity contribution is -0.142. The number of nitrogens with one attached hydrogen (secondary N) is 1. The Labute approximate surface area is 184 Å². The highest BCUT2D eigenvalue weighted by atomic mass is 19.1. The van der Waals surface area contributed by atoms with E-state index in [-0.39, 0.29) is 19.1 Å². The van der Waals surface area contributed by atoms with E-state index in [1.54, 1.807) is 25.1 Å². The highest BCUT2D eigenvalue weighted by Crippen LogP contribution is 2.19. The summed E-state index contributed by atoms with van der Waals surface area (Å²) in [5.41, 5.74) is 1.06. The normalized spacial score (nSPS) is 12.4. The van der Waals surface area contributed by atoms with Gasteiger partial charge in [0.15, 0.2) is 6.61 Å². The van der Waals surface area contributed by atoms with E-state index in [4.69, 9.17) is 4.74 Å². The van der Waals surface area contributed by atoms with Crippen molar-refractivity contribution in [2.75, 3.05) is 6.61 Å². The molecule has 0 aliphatic heterocycles. The van der Waals surface area contributed by atoms with E-state index in [1.165, 1.54) is 16.5 Å². The van der Waals surface area contributed by atoms with Gasteiger partial charge >= 0.3 is 0 Å². The molecule has 6 heteroatoms. The molecule has 2 aromatic carbocycles. The van der Waals surface area contributed by atoms with Gasteiger partial charge in [0.1, 0.15) is 17.6 Å². The number of halogens is 1. The fourth-order valence-corrected chi connectivity index (χ4v) is 3.04. The van der Waals surface area contributed by atoms with Crippen molar-refractivity contribution >= 4 is 11.8 Å². The molecule has 168 valence electrons. The molecule has 31 heavy (non-hydrogen) atoms. The van der Waals surface area contributed by atoms with Gasteiger partial charge in [0.25, 0.3) is 5.91 Å². The Morgan fingerprint density at radius 2 is 1.65 bits per heavy atom. The molecule has 0 saturated carbocycles. The van der Waals surface area contributed by atoms with Crippen LogP contribution in [0.3, 0.4) is 0 Å². The molecule has 2 amide bonds. The van der Waals surface area contributed by atoms with Gasteiger partial charge in [-0.3, -0.25) is 9.59 Å². The first-order valence-corrected chi connectivity index (χ1v) is 10.6. The molecule has 0 aliphatic carbocycles. The van der Waals surface area contributed by atoms with Crippen molar-refractivity contribution in [2.45, 2.75) is 65.6 Å². The second-order valence-corrected chi connectivity index (χ2v) is 9.04. The minimum Gasteiger partial charge on any atom is -0.484 e. The molecule has 5 nitrogen and oxygen atoms in total. The first-order chi connectivity index (χ1) is 14.5. The van der Waals surface area contributed by atoms with Crippen LogP contribution in [0.5, 0.6) is 5.75 Å². The van der Waals surface area contributed by atoms with Gasteiger partial charge in [-0.05, 0) is 57.4 Å². The SMILES string of the molecule is CC(C)c1ccc(OCC(=O)N(Cc2ccccc2F)[C@@H](C)C(=O)NC(C)(C)C)cc1. The molecule has 0 saturated heterocycles.